The second-order valence-electron chi connectivity index (χ2n) is 6.09. The van der Waals surface area contributed by atoms with Gasteiger partial charge >= 0.3 is 0 Å². The number of rotatable bonds is 2. The SMILES string of the molecule is CC1CCN(CC2CCC(Cl)CC2)C(C)C1. The average Bonchev–Trinajstić information content (AvgIpc) is 2.25. The highest BCUT2D eigenvalue weighted by Crippen LogP contribution is 2.30. The van der Waals surface area contributed by atoms with Gasteiger partial charge in [0.15, 0.2) is 0 Å². The Morgan fingerprint density at radius 2 is 1.75 bits per heavy atom. The first-order valence-electron chi connectivity index (χ1n) is 7.03. The topological polar surface area (TPSA) is 3.24 Å². The van der Waals surface area contributed by atoms with Crippen LogP contribution in [0.5, 0.6) is 0 Å². The van der Waals surface area contributed by atoms with Crippen LogP contribution >= 0.6 is 11.6 Å². The molecule has 1 aliphatic carbocycles. The van der Waals surface area contributed by atoms with Crippen LogP contribution < -0.4 is 0 Å². The first-order valence-corrected chi connectivity index (χ1v) is 7.47. The fourth-order valence-corrected chi connectivity index (χ4v) is 3.62. The monoisotopic (exact) mass is 243 g/mol. The number of piperidine rings is 1. The van der Waals surface area contributed by atoms with Crippen LogP contribution in [0.3, 0.4) is 0 Å². The van der Waals surface area contributed by atoms with Crippen LogP contribution in [0, 0.1) is 11.8 Å². The summed E-state index contributed by atoms with van der Waals surface area (Å²) in [5, 5.41) is 0.468. The molecule has 1 saturated heterocycles. The minimum Gasteiger partial charge on any atom is -0.300 e. The molecule has 0 radical (unpaired) electrons. The smallest absolute Gasteiger partial charge is 0.0336 e. The van der Waals surface area contributed by atoms with E-state index in [0.717, 1.165) is 17.9 Å². The zero-order valence-electron chi connectivity index (χ0n) is 10.8. The Balaban J connectivity index is 1.76. The van der Waals surface area contributed by atoms with Crippen LogP contribution in [-0.4, -0.2) is 29.4 Å². The van der Waals surface area contributed by atoms with Gasteiger partial charge in [-0.25, -0.2) is 0 Å². The molecule has 2 aliphatic rings. The van der Waals surface area contributed by atoms with Gasteiger partial charge in [0.25, 0.3) is 0 Å². The Kier molecular flexibility index (Phi) is 4.55. The van der Waals surface area contributed by atoms with Crippen molar-refractivity contribution in [2.45, 2.75) is 63.8 Å². The summed E-state index contributed by atoms with van der Waals surface area (Å²) in [5.41, 5.74) is 0. The van der Waals surface area contributed by atoms with Gasteiger partial charge in [-0.15, -0.1) is 11.6 Å². The summed E-state index contributed by atoms with van der Waals surface area (Å²) < 4.78 is 0. The van der Waals surface area contributed by atoms with Crippen molar-refractivity contribution in [3.05, 3.63) is 0 Å². The molecule has 94 valence electrons. The third-order valence-corrected chi connectivity index (χ3v) is 4.98. The van der Waals surface area contributed by atoms with Crippen LogP contribution in [-0.2, 0) is 0 Å². The number of alkyl halides is 1. The predicted octanol–water partition coefficient (Wildman–Crippen LogP) is 3.90. The molecular weight excluding hydrogens is 218 g/mol. The van der Waals surface area contributed by atoms with Gasteiger partial charge in [-0.05, 0) is 63.8 Å². The van der Waals surface area contributed by atoms with Crippen molar-refractivity contribution >= 4 is 11.6 Å². The van der Waals surface area contributed by atoms with E-state index in [1.807, 2.05) is 0 Å². The lowest BCUT2D eigenvalue weighted by Gasteiger charge is -2.39. The molecule has 0 aromatic carbocycles. The van der Waals surface area contributed by atoms with E-state index in [4.69, 9.17) is 11.6 Å². The quantitative estimate of drug-likeness (QED) is 0.665. The van der Waals surface area contributed by atoms with Gasteiger partial charge < -0.3 is 4.90 Å². The van der Waals surface area contributed by atoms with Crippen LogP contribution in [0.4, 0.5) is 0 Å². The van der Waals surface area contributed by atoms with Crippen molar-refractivity contribution < 1.29 is 0 Å². The summed E-state index contributed by atoms with van der Waals surface area (Å²) in [7, 11) is 0. The van der Waals surface area contributed by atoms with E-state index in [2.05, 4.69) is 18.7 Å². The molecule has 1 aliphatic heterocycles. The van der Waals surface area contributed by atoms with E-state index >= 15 is 0 Å². The predicted molar refractivity (Wildman–Crippen MR) is 71.0 cm³/mol. The lowest BCUT2D eigenvalue weighted by molar-refractivity contribution is 0.100. The highest BCUT2D eigenvalue weighted by atomic mass is 35.5. The summed E-state index contributed by atoms with van der Waals surface area (Å²) in [6.07, 6.45) is 7.98. The van der Waals surface area contributed by atoms with Gasteiger partial charge in [0.05, 0.1) is 0 Å². The maximum atomic E-state index is 6.16. The van der Waals surface area contributed by atoms with Crippen LogP contribution in [0.1, 0.15) is 52.4 Å². The second-order valence-corrected chi connectivity index (χ2v) is 6.71. The molecule has 16 heavy (non-hydrogen) atoms. The molecule has 2 unspecified atom stereocenters. The van der Waals surface area contributed by atoms with Crippen LogP contribution in [0.25, 0.3) is 0 Å². The molecule has 1 saturated carbocycles. The van der Waals surface area contributed by atoms with Gasteiger partial charge in [0.1, 0.15) is 0 Å². The normalized spacial score (nSPS) is 42.2. The Labute approximate surface area is 106 Å². The number of likely N-dealkylation sites (tertiary alicyclic amines) is 1. The van der Waals surface area contributed by atoms with Gasteiger partial charge in [-0.2, -0.15) is 0 Å². The molecule has 0 spiro atoms. The Morgan fingerprint density at radius 3 is 2.38 bits per heavy atom. The van der Waals surface area contributed by atoms with Crippen molar-refractivity contribution in [2.24, 2.45) is 11.8 Å². The molecule has 1 heterocycles. The minimum absolute atomic E-state index is 0.468. The van der Waals surface area contributed by atoms with E-state index < -0.39 is 0 Å². The van der Waals surface area contributed by atoms with Crippen molar-refractivity contribution in [1.82, 2.24) is 4.90 Å². The van der Waals surface area contributed by atoms with E-state index in [-0.39, 0.29) is 0 Å². The van der Waals surface area contributed by atoms with Crippen molar-refractivity contribution in [2.75, 3.05) is 13.1 Å². The average molecular weight is 244 g/mol. The molecule has 0 N–H and O–H groups in total. The molecule has 2 rings (SSSR count). The van der Waals surface area contributed by atoms with E-state index in [1.54, 1.807) is 0 Å². The Morgan fingerprint density at radius 1 is 1.06 bits per heavy atom. The molecule has 2 atom stereocenters. The first-order chi connectivity index (χ1) is 7.65. The van der Waals surface area contributed by atoms with Crippen LogP contribution in [0.2, 0.25) is 0 Å². The maximum Gasteiger partial charge on any atom is 0.0336 e. The van der Waals surface area contributed by atoms with Crippen molar-refractivity contribution in [3.8, 4) is 0 Å². The number of hydrogen-bond acceptors (Lipinski definition) is 1. The molecule has 2 heteroatoms. The molecule has 0 amide bonds. The second kappa shape index (κ2) is 5.73. The summed E-state index contributed by atoms with van der Waals surface area (Å²) in [6, 6.07) is 0.803. The summed E-state index contributed by atoms with van der Waals surface area (Å²) in [5.74, 6) is 1.86. The van der Waals surface area contributed by atoms with E-state index in [9.17, 15) is 0 Å². The minimum atomic E-state index is 0.468. The Bertz CT molecular complexity index is 211. The third kappa shape index (κ3) is 3.37. The largest absolute Gasteiger partial charge is 0.300 e. The van der Waals surface area contributed by atoms with Crippen molar-refractivity contribution in [3.63, 3.8) is 0 Å². The molecule has 0 aromatic heterocycles. The van der Waals surface area contributed by atoms with Gasteiger partial charge in [0, 0.05) is 18.0 Å². The molecule has 0 aromatic rings. The first kappa shape index (κ1) is 12.7. The summed E-state index contributed by atoms with van der Waals surface area (Å²) >= 11 is 6.16. The standard InChI is InChI=1S/C14H26ClN/c1-11-7-8-16(12(2)9-11)10-13-3-5-14(15)6-4-13/h11-14H,3-10H2,1-2H3. The van der Waals surface area contributed by atoms with Gasteiger partial charge in [-0.3, -0.25) is 0 Å². The zero-order chi connectivity index (χ0) is 11.5. The maximum absolute atomic E-state index is 6.16. The number of nitrogens with zero attached hydrogens (tertiary/aromatic N) is 1. The third-order valence-electron chi connectivity index (χ3n) is 4.54. The zero-order valence-corrected chi connectivity index (χ0v) is 11.5. The summed E-state index contributed by atoms with van der Waals surface area (Å²) in [6.45, 7) is 7.45. The lowest BCUT2D eigenvalue weighted by atomic mass is 9.86. The van der Waals surface area contributed by atoms with Crippen molar-refractivity contribution in [1.29, 1.82) is 0 Å². The number of halogens is 1. The lowest BCUT2D eigenvalue weighted by Crippen LogP contribution is -2.43. The fraction of sp³-hybridized carbons (Fsp3) is 1.00. The highest BCUT2D eigenvalue weighted by Gasteiger charge is 2.27. The highest BCUT2D eigenvalue weighted by molar-refractivity contribution is 6.20. The van der Waals surface area contributed by atoms with E-state index in [1.165, 1.54) is 51.6 Å². The van der Waals surface area contributed by atoms with Gasteiger partial charge in [0.2, 0.25) is 0 Å². The molecule has 0 bridgehead atoms. The molecule has 2 fully saturated rings. The Hall–Kier alpha value is 0.250. The number of hydrogen-bond donors (Lipinski definition) is 0. The van der Waals surface area contributed by atoms with Gasteiger partial charge in [-0.1, -0.05) is 6.92 Å². The fourth-order valence-electron chi connectivity index (χ4n) is 3.36. The summed E-state index contributed by atoms with van der Waals surface area (Å²) in [4.78, 5) is 2.72. The molecular formula is C14H26ClN. The van der Waals surface area contributed by atoms with Crippen LogP contribution in [0.15, 0.2) is 0 Å². The molecule has 1 nitrogen and oxygen atoms in total. The van der Waals surface area contributed by atoms with E-state index in [0.29, 0.717) is 5.38 Å².